The molecule has 0 aromatic heterocycles. The second kappa shape index (κ2) is 8.07. The van der Waals surface area contributed by atoms with Gasteiger partial charge in [-0.1, -0.05) is 24.3 Å². The minimum absolute atomic E-state index is 0.0503. The summed E-state index contributed by atoms with van der Waals surface area (Å²) in [6.45, 7) is 0.351. The SMILES string of the molecule is O=S1c2ccc(C3CSc4ccccc4O3)cc2OCC1c1ccc2c(c1)S(=O)(=O)CCO2. The molecule has 3 unspecified atom stereocenters. The van der Waals surface area contributed by atoms with E-state index in [1.165, 1.54) is 0 Å². The van der Waals surface area contributed by atoms with Gasteiger partial charge in [-0.15, -0.1) is 11.8 Å². The van der Waals surface area contributed by atoms with E-state index < -0.39 is 25.9 Å². The van der Waals surface area contributed by atoms with Gasteiger partial charge in [-0.3, -0.25) is 4.21 Å². The fourth-order valence-electron chi connectivity index (χ4n) is 4.25. The van der Waals surface area contributed by atoms with E-state index in [1.807, 2.05) is 42.5 Å². The van der Waals surface area contributed by atoms with Crippen molar-refractivity contribution in [3.63, 3.8) is 0 Å². The van der Waals surface area contributed by atoms with Crippen LogP contribution in [0.15, 0.2) is 75.4 Å². The number of fused-ring (bicyclic) bond motifs is 3. The van der Waals surface area contributed by atoms with E-state index in [4.69, 9.17) is 14.2 Å². The van der Waals surface area contributed by atoms with Crippen molar-refractivity contribution >= 4 is 32.4 Å². The molecule has 9 heteroatoms. The van der Waals surface area contributed by atoms with Crippen LogP contribution in [0, 0.1) is 0 Å². The Bertz CT molecular complexity index is 1380. The number of hydrogen-bond donors (Lipinski definition) is 0. The van der Waals surface area contributed by atoms with Gasteiger partial charge in [0.2, 0.25) is 0 Å². The highest BCUT2D eigenvalue weighted by Gasteiger charge is 2.33. The quantitative estimate of drug-likeness (QED) is 0.519. The first kappa shape index (κ1) is 21.1. The highest BCUT2D eigenvalue weighted by Crippen LogP contribution is 2.43. The maximum Gasteiger partial charge on any atom is 0.185 e. The van der Waals surface area contributed by atoms with Gasteiger partial charge in [-0.05, 0) is 47.5 Å². The van der Waals surface area contributed by atoms with Crippen LogP contribution in [0.1, 0.15) is 22.5 Å². The molecule has 3 aromatic rings. The first-order chi connectivity index (χ1) is 16.0. The lowest BCUT2D eigenvalue weighted by atomic mass is 10.1. The Morgan fingerprint density at radius 1 is 0.909 bits per heavy atom. The summed E-state index contributed by atoms with van der Waals surface area (Å²) < 4.78 is 56.0. The lowest BCUT2D eigenvalue weighted by Gasteiger charge is -2.29. The molecular formula is C24H20O6S3. The first-order valence-corrected chi connectivity index (χ1v) is 14.4. The van der Waals surface area contributed by atoms with Crippen LogP contribution in [-0.4, -0.2) is 37.3 Å². The average Bonchev–Trinajstić information content (AvgIpc) is 2.83. The maximum absolute atomic E-state index is 13.4. The predicted molar refractivity (Wildman–Crippen MR) is 126 cm³/mol. The van der Waals surface area contributed by atoms with Crippen LogP contribution in [0.3, 0.4) is 0 Å². The van der Waals surface area contributed by atoms with Crippen LogP contribution in [0.5, 0.6) is 17.2 Å². The second-order valence-corrected chi connectivity index (χ2v) is 12.8. The van der Waals surface area contributed by atoms with E-state index in [1.54, 1.807) is 30.0 Å². The molecule has 0 saturated carbocycles. The summed E-state index contributed by atoms with van der Waals surface area (Å²) >= 11 is 1.75. The van der Waals surface area contributed by atoms with Crippen LogP contribution in [0.25, 0.3) is 0 Å². The number of thioether (sulfide) groups is 1. The van der Waals surface area contributed by atoms with Crippen LogP contribution in [0.2, 0.25) is 0 Å². The molecule has 6 rings (SSSR count). The van der Waals surface area contributed by atoms with E-state index in [9.17, 15) is 12.6 Å². The molecule has 0 fully saturated rings. The number of ether oxygens (including phenoxy) is 3. The topological polar surface area (TPSA) is 78.9 Å². The summed E-state index contributed by atoms with van der Waals surface area (Å²) in [5, 5.41) is -0.459. The van der Waals surface area contributed by atoms with Crippen LogP contribution in [0.4, 0.5) is 0 Å². The Labute approximate surface area is 198 Å². The third kappa shape index (κ3) is 3.72. The fraction of sp³-hybridized carbons (Fsp3) is 0.250. The minimum Gasteiger partial charge on any atom is -0.491 e. The predicted octanol–water partition coefficient (Wildman–Crippen LogP) is 4.32. The fourth-order valence-corrected chi connectivity index (χ4v) is 7.95. The minimum atomic E-state index is -3.40. The molecule has 3 aliphatic heterocycles. The lowest BCUT2D eigenvalue weighted by molar-refractivity contribution is 0.219. The van der Waals surface area contributed by atoms with Crippen LogP contribution >= 0.6 is 11.8 Å². The highest BCUT2D eigenvalue weighted by molar-refractivity contribution is 7.99. The Morgan fingerprint density at radius 2 is 1.76 bits per heavy atom. The summed E-state index contributed by atoms with van der Waals surface area (Å²) in [7, 11) is -4.79. The Hall–Kier alpha value is -2.49. The smallest absolute Gasteiger partial charge is 0.185 e. The molecule has 33 heavy (non-hydrogen) atoms. The molecule has 0 aliphatic carbocycles. The number of para-hydroxylation sites is 1. The van der Waals surface area contributed by atoms with Crippen molar-refractivity contribution in [1.29, 1.82) is 0 Å². The molecule has 3 aromatic carbocycles. The molecule has 3 aliphatic rings. The van der Waals surface area contributed by atoms with Crippen molar-refractivity contribution in [3.05, 3.63) is 71.8 Å². The molecular weight excluding hydrogens is 480 g/mol. The standard InChI is InChI=1S/C24H20O6S3/c25-32-22-8-6-15(20-14-31-21-4-2-1-3-17(21)30-20)11-19(22)29-13-23(32)16-5-7-18-24(12-16)33(26,27)10-9-28-18/h1-8,11-12,20,23H,9-10,13-14H2. The van der Waals surface area contributed by atoms with Gasteiger partial charge in [-0.2, -0.15) is 0 Å². The second-order valence-electron chi connectivity index (χ2n) is 8.04. The van der Waals surface area contributed by atoms with E-state index in [0.29, 0.717) is 22.0 Å². The third-order valence-electron chi connectivity index (χ3n) is 6.00. The molecule has 6 nitrogen and oxygen atoms in total. The normalized spacial score (nSPS) is 24.8. The van der Waals surface area contributed by atoms with Crippen LogP contribution in [-0.2, 0) is 20.6 Å². The monoisotopic (exact) mass is 500 g/mol. The number of sulfone groups is 1. The van der Waals surface area contributed by atoms with E-state index in [0.717, 1.165) is 22.0 Å². The van der Waals surface area contributed by atoms with Crippen molar-refractivity contribution in [2.24, 2.45) is 0 Å². The maximum atomic E-state index is 13.4. The van der Waals surface area contributed by atoms with E-state index >= 15 is 0 Å². The highest BCUT2D eigenvalue weighted by atomic mass is 32.2. The lowest BCUT2D eigenvalue weighted by Crippen LogP contribution is -2.24. The number of rotatable bonds is 2. The zero-order valence-electron chi connectivity index (χ0n) is 17.4. The Balaban J connectivity index is 1.28. The van der Waals surface area contributed by atoms with Gasteiger partial charge in [0.1, 0.15) is 41.5 Å². The molecule has 0 spiro atoms. The van der Waals surface area contributed by atoms with Gasteiger partial charge >= 0.3 is 0 Å². The molecule has 170 valence electrons. The van der Waals surface area contributed by atoms with Gasteiger partial charge in [0.25, 0.3) is 0 Å². The zero-order chi connectivity index (χ0) is 22.6. The number of benzene rings is 3. The Morgan fingerprint density at radius 3 is 2.67 bits per heavy atom. The largest absolute Gasteiger partial charge is 0.491 e. The molecule has 0 radical (unpaired) electrons. The molecule has 0 bridgehead atoms. The average molecular weight is 501 g/mol. The molecule has 3 heterocycles. The Kier molecular flexibility index (Phi) is 5.15. The van der Waals surface area contributed by atoms with Crippen molar-refractivity contribution in [3.8, 4) is 17.2 Å². The van der Waals surface area contributed by atoms with Gasteiger partial charge in [0.15, 0.2) is 9.84 Å². The van der Waals surface area contributed by atoms with Crippen molar-refractivity contribution in [1.82, 2.24) is 0 Å². The van der Waals surface area contributed by atoms with Gasteiger partial charge in [-0.25, -0.2) is 8.42 Å². The summed E-state index contributed by atoms with van der Waals surface area (Å²) in [5.74, 6) is 2.54. The molecule has 0 amide bonds. The van der Waals surface area contributed by atoms with Gasteiger partial charge in [0.05, 0.1) is 26.7 Å². The van der Waals surface area contributed by atoms with Gasteiger partial charge < -0.3 is 14.2 Å². The molecule has 0 saturated heterocycles. The number of hydrogen-bond acceptors (Lipinski definition) is 7. The van der Waals surface area contributed by atoms with Gasteiger partial charge in [0, 0.05) is 10.6 Å². The third-order valence-corrected chi connectivity index (χ3v) is 10.5. The van der Waals surface area contributed by atoms with Crippen molar-refractivity contribution in [2.45, 2.75) is 26.0 Å². The van der Waals surface area contributed by atoms with E-state index in [2.05, 4.69) is 0 Å². The van der Waals surface area contributed by atoms with E-state index in [-0.39, 0.29) is 30.0 Å². The summed E-state index contributed by atoms with van der Waals surface area (Å²) in [6.07, 6.45) is -0.115. The molecule has 3 atom stereocenters. The summed E-state index contributed by atoms with van der Waals surface area (Å²) in [4.78, 5) is 1.90. The summed E-state index contributed by atoms with van der Waals surface area (Å²) in [6, 6.07) is 18.7. The van der Waals surface area contributed by atoms with Crippen LogP contribution < -0.4 is 14.2 Å². The summed E-state index contributed by atoms with van der Waals surface area (Å²) in [5.41, 5.74) is 1.64. The zero-order valence-corrected chi connectivity index (χ0v) is 19.9. The van der Waals surface area contributed by atoms with Crippen molar-refractivity contribution in [2.75, 3.05) is 24.7 Å². The molecule has 0 N–H and O–H groups in total. The first-order valence-electron chi connectivity index (χ1n) is 10.5. The van der Waals surface area contributed by atoms with Crippen molar-refractivity contribution < 1.29 is 26.8 Å².